The molecule has 1 amide bonds. The number of carbonyl (C=O) groups is 1. The molecule has 0 aliphatic carbocycles. The normalized spacial score (nSPS) is 10.3. The van der Waals surface area contributed by atoms with E-state index >= 15 is 0 Å². The monoisotopic (exact) mass is 317 g/mol. The molecule has 1 aromatic carbocycles. The van der Waals surface area contributed by atoms with E-state index in [1.54, 1.807) is 12.0 Å². The first kappa shape index (κ1) is 14.8. The lowest BCUT2D eigenvalue weighted by Crippen LogP contribution is -2.35. The number of ether oxygens (including phenoxy) is 1. The number of carbonyl (C=O) groups excluding carboxylic acids is 1. The number of methoxy groups -OCH3 is 1. The summed E-state index contributed by atoms with van der Waals surface area (Å²) in [5, 5.41) is 19.4. The van der Waals surface area contributed by atoms with Crippen molar-refractivity contribution in [3.05, 3.63) is 23.8 Å². The van der Waals surface area contributed by atoms with Crippen molar-refractivity contribution in [2.24, 2.45) is 0 Å². The smallest absolute Gasteiger partial charge is 0.254 e. The van der Waals surface area contributed by atoms with Crippen molar-refractivity contribution in [2.45, 2.75) is 0 Å². The van der Waals surface area contributed by atoms with Gasteiger partial charge in [0.25, 0.3) is 5.91 Å². The Morgan fingerprint density at radius 2 is 1.89 bits per heavy atom. The molecule has 0 radical (unpaired) electrons. The van der Waals surface area contributed by atoms with Gasteiger partial charge in [-0.25, -0.2) is 0 Å². The second kappa shape index (κ2) is 7.23. The number of phenolic OH excluding ortho intramolecular Hbond substituents is 2. The summed E-state index contributed by atoms with van der Waals surface area (Å²) in [5.74, 6) is -0.523. The van der Waals surface area contributed by atoms with Crippen LogP contribution in [0.25, 0.3) is 0 Å². The predicted molar refractivity (Wildman–Crippen MR) is 71.3 cm³/mol. The maximum atomic E-state index is 12.2. The first-order chi connectivity index (χ1) is 8.58. The third-order valence-electron chi connectivity index (χ3n) is 2.36. The largest absolute Gasteiger partial charge is 0.508 e. The standard InChI is InChI=1S/C12H16BrNO4/c1-18-5-4-14(3-2-13)12(17)9-6-10(15)8-11(16)7-9/h6-8,15-16H,2-5H2,1H3. The molecule has 0 atom stereocenters. The molecular formula is C12H16BrNO4. The minimum atomic E-state index is -0.252. The number of benzene rings is 1. The zero-order valence-electron chi connectivity index (χ0n) is 10.1. The van der Waals surface area contributed by atoms with Crippen LogP contribution in [0, 0.1) is 0 Å². The van der Waals surface area contributed by atoms with Crippen molar-refractivity contribution in [3.63, 3.8) is 0 Å². The van der Waals surface area contributed by atoms with Crippen molar-refractivity contribution in [1.29, 1.82) is 0 Å². The highest BCUT2D eigenvalue weighted by Crippen LogP contribution is 2.21. The third-order valence-corrected chi connectivity index (χ3v) is 2.71. The van der Waals surface area contributed by atoms with Gasteiger partial charge in [0, 0.05) is 37.2 Å². The van der Waals surface area contributed by atoms with Crippen molar-refractivity contribution in [2.75, 3.05) is 32.1 Å². The SMILES string of the molecule is COCCN(CCBr)C(=O)c1cc(O)cc(O)c1. The molecule has 0 aliphatic heterocycles. The molecule has 1 rings (SSSR count). The number of hydrogen-bond acceptors (Lipinski definition) is 4. The average Bonchev–Trinajstić information content (AvgIpc) is 2.32. The summed E-state index contributed by atoms with van der Waals surface area (Å²) in [7, 11) is 1.57. The summed E-state index contributed by atoms with van der Waals surface area (Å²) in [5.41, 5.74) is 0.254. The van der Waals surface area contributed by atoms with Crippen molar-refractivity contribution in [3.8, 4) is 11.5 Å². The lowest BCUT2D eigenvalue weighted by atomic mass is 10.1. The molecule has 0 heterocycles. The van der Waals surface area contributed by atoms with E-state index in [4.69, 9.17) is 4.74 Å². The van der Waals surface area contributed by atoms with Crippen molar-refractivity contribution >= 4 is 21.8 Å². The Morgan fingerprint density at radius 3 is 2.39 bits per heavy atom. The number of phenols is 2. The maximum absolute atomic E-state index is 12.2. The van der Waals surface area contributed by atoms with Gasteiger partial charge in [-0.2, -0.15) is 0 Å². The maximum Gasteiger partial charge on any atom is 0.254 e. The van der Waals surface area contributed by atoms with Crippen LogP contribution in [0.5, 0.6) is 11.5 Å². The van der Waals surface area contributed by atoms with E-state index < -0.39 is 0 Å². The molecule has 6 heteroatoms. The van der Waals surface area contributed by atoms with E-state index in [1.807, 2.05) is 0 Å². The van der Waals surface area contributed by atoms with Gasteiger partial charge in [-0.05, 0) is 12.1 Å². The molecule has 0 fully saturated rings. The van der Waals surface area contributed by atoms with Crippen LogP contribution in [0.2, 0.25) is 0 Å². The van der Waals surface area contributed by atoms with E-state index in [1.165, 1.54) is 18.2 Å². The van der Waals surface area contributed by atoms with Gasteiger partial charge in [0.05, 0.1) is 6.61 Å². The molecule has 0 saturated heterocycles. The molecule has 0 spiro atoms. The highest BCUT2D eigenvalue weighted by molar-refractivity contribution is 9.09. The second-order valence-corrected chi connectivity index (χ2v) is 4.51. The lowest BCUT2D eigenvalue weighted by Gasteiger charge is -2.21. The van der Waals surface area contributed by atoms with Gasteiger partial charge < -0.3 is 19.8 Å². The number of nitrogens with zero attached hydrogens (tertiary/aromatic N) is 1. The van der Waals surface area contributed by atoms with Gasteiger partial charge in [0.1, 0.15) is 11.5 Å². The minimum Gasteiger partial charge on any atom is -0.508 e. The van der Waals surface area contributed by atoms with Crippen LogP contribution in [-0.2, 0) is 4.74 Å². The summed E-state index contributed by atoms with van der Waals surface area (Å²) in [4.78, 5) is 13.8. The quantitative estimate of drug-likeness (QED) is 0.782. The molecule has 5 nitrogen and oxygen atoms in total. The fraction of sp³-hybridized carbons (Fsp3) is 0.417. The Balaban J connectivity index is 2.86. The predicted octanol–water partition coefficient (Wildman–Crippen LogP) is 1.58. The molecular weight excluding hydrogens is 302 g/mol. The van der Waals surface area contributed by atoms with E-state index in [9.17, 15) is 15.0 Å². The first-order valence-electron chi connectivity index (χ1n) is 5.45. The van der Waals surface area contributed by atoms with Gasteiger partial charge in [-0.1, -0.05) is 15.9 Å². The van der Waals surface area contributed by atoms with Crippen molar-refractivity contribution in [1.82, 2.24) is 4.90 Å². The Morgan fingerprint density at radius 1 is 1.28 bits per heavy atom. The van der Waals surface area contributed by atoms with Crippen LogP contribution < -0.4 is 0 Å². The van der Waals surface area contributed by atoms with Crippen LogP contribution in [0.3, 0.4) is 0 Å². The summed E-state index contributed by atoms with van der Waals surface area (Å²) < 4.78 is 4.94. The van der Waals surface area contributed by atoms with E-state index in [0.717, 1.165) is 0 Å². The van der Waals surface area contributed by atoms with Crippen molar-refractivity contribution < 1.29 is 19.7 Å². The molecule has 1 aromatic rings. The Hall–Kier alpha value is -1.27. The van der Waals surface area contributed by atoms with Gasteiger partial charge in [-0.3, -0.25) is 4.79 Å². The number of alkyl halides is 1. The molecule has 0 saturated carbocycles. The lowest BCUT2D eigenvalue weighted by molar-refractivity contribution is 0.0708. The van der Waals surface area contributed by atoms with Gasteiger partial charge >= 0.3 is 0 Å². The fourth-order valence-corrected chi connectivity index (χ4v) is 1.95. The van der Waals surface area contributed by atoms with Gasteiger partial charge in [-0.15, -0.1) is 0 Å². The Bertz CT molecular complexity index is 391. The molecule has 0 aromatic heterocycles. The summed E-state index contributed by atoms with van der Waals surface area (Å²) >= 11 is 3.28. The van der Waals surface area contributed by atoms with Gasteiger partial charge in [0.15, 0.2) is 0 Å². The first-order valence-corrected chi connectivity index (χ1v) is 6.58. The molecule has 18 heavy (non-hydrogen) atoms. The average molecular weight is 318 g/mol. The van der Waals surface area contributed by atoms with Gasteiger partial charge in [0.2, 0.25) is 0 Å². The summed E-state index contributed by atoms with van der Waals surface area (Å²) in [6, 6.07) is 3.84. The zero-order chi connectivity index (χ0) is 13.5. The molecule has 0 bridgehead atoms. The summed E-state index contributed by atoms with van der Waals surface area (Å²) in [6.07, 6.45) is 0. The number of halogens is 1. The van der Waals surface area contributed by atoms with Crippen LogP contribution in [0.15, 0.2) is 18.2 Å². The molecule has 100 valence electrons. The minimum absolute atomic E-state index is 0.135. The highest BCUT2D eigenvalue weighted by Gasteiger charge is 2.16. The van der Waals surface area contributed by atoms with E-state index in [0.29, 0.717) is 25.0 Å². The number of aromatic hydroxyl groups is 2. The number of hydrogen-bond donors (Lipinski definition) is 2. The Labute approximate surface area is 114 Å². The fourth-order valence-electron chi connectivity index (χ4n) is 1.52. The summed E-state index contributed by atoms with van der Waals surface area (Å²) in [6.45, 7) is 1.42. The Kier molecular flexibility index (Phi) is 5.94. The van der Waals surface area contributed by atoms with Crippen LogP contribution in [0.4, 0.5) is 0 Å². The van der Waals surface area contributed by atoms with E-state index in [2.05, 4.69) is 15.9 Å². The van der Waals surface area contributed by atoms with Crippen LogP contribution in [-0.4, -0.2) is 53.2 Å². The van der Waals surface area contributed by atoms with E-state index in [-0.39, 0.29) is 23.0 Å². The third kappa shape index (κ3) is 4.19. The zero-order valence-corrected chi connectivity index (χ0v) is 11.7. The number of amides is 1. The molecule has 0 unspecified atom stereocenters. The number of rotatable bonds is 6. The highest BCUT2D eigenvalue weighted by atomic mass is 79.9. The molecule has 0 aliphatic rings. The van der Waals surface area contributed by atoms with Crippen LogP contribution >= 0.6 is 15.9 Å². The topological polar surface area (TPSA) is 70.0 Å². The van der Waals surface area contributed by atoms with Crippen LogP contribution in [0.1, 0.15) is 10.4 Å². The molecule has 2 N–H and O–H groups in total. The second-order valence-electron chi connectivity index (χ2n) is 3.71.